The van der Waals surface area contributed by atoms with Crippen molar-refractivity contribution in [2.24, 2.45) is 4.99 Å². The van der Waals surface area contributed by atoms with E-state index in [2.05, 4.69) is 49.9 Å². The molecule has 0 aromatic carbocycles. The monoisotopic (exact) mass is 531 g/mol. The zero-order chi connectivity index (χ0) is 19.6. The predicted molar refractivity (Wildman–Crippen MR) is 129 cm³/mol. The third-order valence-corrected chi connectivity index (χ3v) is 5.54. The fraction of sp³-hybridized carbons (Fsp3) is 0.500. The van der Waals surface area contributed by atoms with Crippen LogP contribution in [0.15, 0.2) is 47.0 Å². The molecule has 9 heteroatoms. The summed E-state index contributed by atoms with van der Waals surface area (Å²) in [4.78, 5) is 12.2. The van der Waals surface area contributed by atoms with E-state index in [9.17, 15) is 0 Å². The number of pyridine rings is 1. The number of hydrogen-bond donors (Lipinski definition) is 2. The fourth-order valence-corrected chi connectivity index (χ4v) is 4.06. The number of nitrogens with zero attached hydrogens (tertiary/aromatic N) is 3. The Labute approximate surface area is 193 Å². The Kier molecular flexibility index (Phi) is 10.7. The zero-order valence-electron chi connectivity index (χ0n) is 16.9. The van der Waals surface area contributed by atoms with Gasteiger partial charge < -0.3 is 20.1 Å². The highest BCUT2D eigenvalue weighted by Crippen LogP contribution is 2.26. The summed E-state index contributed by atoms with van der Waals surface area (Å²) >= 11 is 1.80. The molecular formula is C20H30IN5O2S. The van der Waals surface area contributed by atoms with Gasteiger partial charge in [0.1, 0.15) is 12.4 Å². The highest BCUT2D eigenvalue weighted by molar-refractivity contribution is 14.0. The molecule has 7 nitrogen and oxygen atoms in total. The van der Waals surface area contributed by atoms with Crippen molar-refractivity contribution in [1.29, 1.82) is 0 Å². The number of morpholine rings is 1. The second kappa shape index (κ2) is 13.0. The molecule has 0 amide bonds. The van der Waals surface area contributed by atoms with Gasteiger partial charge in [0.15, 0.2) is 5.96 Å². The number of hydrogen-bond acceptors (Lipinski definition) is 6. The molecule has 2 aromatic rings. The molecule has 2 N–H and O–H groups in total. The van der Waals surface area contributed by atoms with Gasteiger partial charge >= 0.3 is 0 Å². The third kappa shape index (κ3) is 7.72. The van der Waals surface area contributed by atoms with Crippen LogP contribution >= 0.6 is 35.3 Å². The van der Waals surface area contributed by atoms with Gasteiger partial charge in [-0.1, -0.05) is 6.07 Å². The first-order chi connectivity index (χ1) is 13.8. The first-order valence-electron chi connectivity index (χ1n) is 9.62. The summed E-state index contributed by atoms with van der Waals surface area (Å²) in [5.74, 6) is 1.55. The molecular weight excluding hydrogens is 501 g/mol. The molecule has 0 saturated carbocycles. The maximum atomic E-state index is 5.71. The molecule has 1 aliphatic rings. The summed E-state index contributed by atoms with van der Waals surface area (Å²) in [5.41, 5.74) is 0. The van der Waals surface area contributed by atoms with E-state index in [1.807, 2.05) is 12.1 Å². The standard InChI is InChI=1S/C20H29N5O2S.HI/c1-16-15-25(9-11-26-16)18(19-6-4-12-28-19)14-24-20(21-2)23-8-10-27-17-5-3-7-22-13-17;/h3-7,12-13,16,18H,8-11,14-15H2,1-2H3,(H2,21,23,24);1H. The molecule has 2 aromatic heterocycles. The van der Waals surface area contributed by atoms with Crippen molar-refractivity contribution in [2.75, 3.05) is 46.4 Å². The van der Waals surface area contributed by atoms with Crippen LogP contribution in [-0.4, -0.2) is 68.4 Å². The molecule has 3 heterocycles. The lowest BCUT2D eigenvalue weighted by atomic mass is 10.1. The Morgan fingerprint density at radius 3 is 3.00 bits per heavy atom. The van der Waals surface area contributed by atoms with Gasteiger partial charge in [-0.15, -0.1) is 35.3 Å². The highest BCUT2D eigenvalue weighted by atomic mass is 127. The molecule has 0 aliphatic carbocycles. The molecule has 1 fully saturated rings. The summed E-state index contributed by atoms with van der Waals surface area (Å²) in [6, 6.07) is 8.38. The van der Waals surface area contributed by atoms with Gasteiger partial charge in [0.2, 0.25) is 0 Å². The molecule has 0 spiro atoms. The average Bonchev–Trinajstić information content (AvgIpc) is 3.25. The first kappa shape index (κ1) is 23.8. The molecule has 3 rings (SSSR count). The number of aromatic nitrogens is 1. The minimum Gasteiger partial charge on any atom is -0.490 e. The summed E-state index contributed by atoms with van der Waals surface area (Å²) in [7, 11) is 1.79. The molecule has 2 unspecified atom stereocenters. The lowest BCUT2D eigenvalue weighted by Crippen LogP contribution is -2.48. The van der Waals surface area contributed by atoms with Crippen molar-refractivity contribution in [2.45, 2.75) is 19.1 Å². The van der Waals surface area contributed by atoms with Crippen molar-refractivity contribution in [3.8, 4) is 5.75 Å². The van der Waals surface area contributed by atoms with Crippen LogP contribution in [0.1, 0.15) is 17.8 Å². The maximum Gasteiger partial charge on any atom is 0.191 e. The van der Waals surface area contributed by atoms with E-state index >= 15 is 0 Å². The Balaban J connectivity index is 0.00000300. The van der Waals surface area contributed by atoms with E-state index < -0.39 is 0 Å². The topological polar surface area (TPSA) is 71.0 Å². The van der Waals surface area contributed by atoms with Crippen LogP contribution in [0, 0.1) is 0 Å². The molecule has 0 radical (unpaired) electrons. The van der Waals surface area contributed by atoms with E-state index in [1.54, 1.807) is 30.8 Å². The molecule has 29 heavy (non-hydrogen) atoms. The van der Waals surface area contributed by atoms with Crippen LogP contribution < -0.4 is 15.4 Å². The number of rotatable bonds is 8. The third-order valence-electron chi connectivity index (χ3n) is 4.57. The molecule has 160 valence electrons. The molecule has 2 atom stereocenters. The average molecular weight is 531 g/mol. The Morgan fingerprint density at radius 2 is 2.31 bits per heavy atom. The van der Waals surface area contributed by atoms with E-state index in [1.165, 1.54) is 4.88 Å². The summed E-state index contributed by atoms with van der Waals surface area (Å²) in [6.07, 6.45) is 3.70. The summed E-state index contributed by atoms with van der Waals surface area (Å²) in [5, 5.41) is 8.90. The Morgan fingerprint density at radius 1 is 1.41 bits per heavy atom. The number of halogens is 1. The van der Waals surface area contributed by atoms with E-state index in [0.29, 0.717) is 19.2 Å². The second-order valence-corrected chi connectivity index (χ2v) is 7.60. The summed E-state index contributed by atoms with van der Waals surface area (Å²) < 4.78 is 11.4. The second-order valence-electron chi connectivity index (χ2n) is 6.62. The van der Waals surface area contributed by atoms with Gasteiger partial charge in [-0.25, -0.2) is 0 Å². The number of guanidine groups is 1. The predicted octanol–water partition coefficient (Wildman–Crippen LogP) is 2.77. The SMILES string of the molecule is CN=C(NCCOc1cccnc1)NCC(c1cccs1)N1CCOC(C)C1.I. The van der Waals surface area contributed by atoms with Crippen molar-refractivity contribution in [3.05, 3.63) is 46.9 Å². The molecule has 0 bridgehead atoms. The van der Waals surface area contributed by atoms with Crippen molar-refractivity contribution in [1.82, 2.24) is 20.5 Å². The maximum absolute atomic E-state index is 5.71. The number of ether oxygens (including phenoxy) is 2. The highest BCUT2D eigenvalue weighted by Gasteiger charge is 2.26. The zero-order valence-corrected chi connectivity index (χ0v) is 20.1. The molecule has 1 saturated heterocycles. The van der Waals surface area contributed by atoms with Crippen molar-refractivity contribution < 1.29 is 9.47 Å². The minimum atomic E-state index is 0. The largest absolute Gasteiger partial charge is 0.490 e. The fourth-order valence-electron chi connectivity index (χ4n) is 3.20. The Hall–Kier alpha value is -1.43. The summed E-state index contributed by atoms with van der Waals surface area (Å²) in [6.45, 7) is 6.79. The van der Waals surface area contributed by atoms with Gasteiger partial charge in [-0.05, 0) is 30.5 Å². The van der Waals surface area contributed by atoms with Crippen molar-refractivity contribution >= 4 is 41.3 Å². The molecule has 1 aliphatic heterocycles. The van der Waals surface area contributed by atoms with Crippen LogP contribution in [0.4, 0.5) is 0 Å². The smallest absolute Gasteiger partial charge is 0.191 e. The van der Waals surface area contributed by atoms with Gasteiger partial charge in [0, 0.05) is 37.8 Å². The van der Waals surface area contributed by atoms with Gasteiger partial charge in [0.25, 0.3) is 0 Å². The number of nitrogens with one attached hydrogen (secondary N) is 2. The normalized spacial score (nSPS) is 18.6. The van der Waals surface area contributed by atoms with Gasteiger partial charge in [-0.2, -0.15) is 0 Å². The van der Waals surface area contributed by atoms with Crippen LogP contribution in [0.3, 0.4) is 0 Å². The van der Waals surface area contributed by atoms with Crippen molar-refractivity contribution in [3.63, 3.8) is 0 Å². The van der Waals surface area contributed by atoms with Gasteiger partial charge in [-0.3, -0.25) is 14.9 Å². The Bertz CT molecular complexity index is 717. The number of thiophene rings is 1. The number of aliphatic imine (C=N–C) groups is 1. The lowest BCUT2D eigenvalue weighted by Gasteiger charge is -2.37. The van der Waals surface area contributed by atoms with E-state index in [-0.39, 0.29) is 30.1 Å². The van der Waals surface area contributed by atoms with Gasteiger partial charge in [0.05, 0.1) is 31.5 Å². The van der Waals surface area contributed by atoms with E-state index in [0.717, 1.165) is 38.0 Å². The van der Waals surface area contributed by atoms with Crippen LogP contribution in [0.5, 0.6) is 5.75 Å². The first-order valence-corrected chi connectivity index (χ1v) is 10.5. The minimum absolute atomic E-state index is 0. The quantitative estimate of drug-likeness (QED) is 0.236. The van der Waals surface area contributed by atoms with Crippen LogP contribution in [-0.2, 0) is 4.74 Å². The van der Waals surface area contributed by atoms with E-state index in [4.69, 9.17) is 9.47 Å². The van der Waals surface area contributed by atoms with Crippen LogP contribution in [0.25, 0.3) is 0 Å². The van der Waals surface area contributed by atoms with Crippen LogP contribution in [0.2, 0.25) is 0 Å². The lowest BCUT2D eigenvalue weighted by molar-refractivity contribution is -0.0334.